The van der Waals surface area contributed by atoms with E-state index in [0.29, 0.717) is 12.4 Å². The fourth-order valence-electron chi connectivity index (χ4n) is 2.69. The number of benzene rings is 2. The van der Waals surface area contributed by atoms with Crippen LogP contribution in [0.4, 0.5) is 4.39 Å². The third-order valence-corrected chi connectivity index (χ3v) is 4.23. The maximum atomic E-state index is 13.8. The quantitative estimate of drug-likeness (QED) is 0.664. The molecule has 1 atom stereocenters. The SMILES string of the molecule is COc1ccc(C(=O)NC(C)c2cccc(OCc3ccccn3)c2)cc1F. The van der Waals surface area contributed by atoms with E-state index in [9.17, 15) is 9.18 Å². The van der Waals surface area contributed by atoms with Gasteiger partial charge in [-0.3, -0.25) is 9.78 Å². The lowest BCUT2D eigenvalue weighted by molar-refractivity contribution is 0.0939. The van der Waals surface area contributed by atoms with Gasteiger partial charge in [-0.25, -0.2) is 4.39 Å². The Morgan fingerprint density at radius 1 is 1.14 bits per heavy atom. The van der Waals surface area contributed by atoms with E-state index in [4.69, 9.17) is 9.47 Å². The second-order valence-corrected chi connectivity index (χ2v) is 6.23. The van der Waals surface area contributed by atoms with Crippen molar-refractivity contribution >= 4 is 5.91 Å². The summed E-state index contributed by atoms with van der Waals surface area (Å²) < 4.78 is 24.5. The monoisotopic (exact) mass is 380 g/mol. The zero-order valence-electron chi connectivity index (χ0n) is 15.7. The maximum absolute atomic E-state index is 13.8. The van der Waals surface area contributed by atoms with Crippen LogP contribution in [0.1, 0.15) is 34.6 Å². The minimum atomic E-state index is -0.576. The van der Waals surface area contributed by atoms with Gasteiger partial charge in [0.2, 0.25) is 0 Å². The molecule has 1 aromatic heterocycles. The number of nitrogens with one attached hydrogen (secondary N) is 1. The molecule has 2 aromatic carbocycles. The Balaban J connectivity index is 1.64. The molecular formula is C22H21FN2O3. The van der Waals surface area contributed by atoms with Gasteiger partial charge in [-0.1, -0.05) is 18.2 Å². The van der Waals surface area contributed by atoms with Crippen molar-refractivity contribution in [1.82, 2.24) is 10.3 Å². The fraction of sp³-hybridized carbons (Fsp3) is 0.182. The number of methoxy groups -OCH3 is 1. The number of aromatic nitrogens is 1. The van der Waals surface area contributed by atoms with Crippen molar-refractivity contribution in [3.63, 3.8) is 0 Å². The molecule has 0 radical (unpaired) electrons. The van der Waals surface area contributed by atoms with Crippen LogP contribution in [0.5, 0.6) is 11.5 Å². The van der Waals surface area contributed by atoms with Crippen LogP contribution in [-0.4, -0.2) is 18.0 Å². The first-order valence-electron chi connectivity index (χ1n) is 8.84. The van der Waals surface area contributed by atoms with E-state index in [2.05, 4.69) is 10.3 Å². The summed E-state index contributed by atoms with van der Waals surface area (Å²) in [5, 5.41) is 2.86. The largest absolute Gasteiger partial charge is 0.494 e. The minimum absolute atomic E-state index is 0.0994. The van der Waals surface area contributed by atoms with Crippen molar-refractivity contribution in [1.29, 1.82) is 0 Å². The third-order valence-electron chi connectivity index (χ3n) is 4.23. The number of amides is 1. The summed E-state index contributed by atoms with van der Waals surface area (Å²) in [5.41, 5.74) is 1.93. The molecule has 0 saturated carbocycles. The van der Waals surface area contributed by atoms with Gasteiger partial charge in [0.1, 0.15) is 12.4 Å². The number of rotatable bonds is 7. The highest BCUT2D eigenvalue weighted by Crippen LogP contribution is 2.21. The lowest BCUT2D eigenvalue weighted by Gasteiger charge is -2.16. The first-order chi connectivity index (χ1) is 13.6. The Morgan fingerprint density at radius 2 is 2.00 bits per heavy atom. The number of pyridine rings is 1. The van der Waals surface area contributed by atoms with Crippen LogP contribution in [0.15, 0.2) is 66.9 Å². The van der Waals surface area contributed by atoms with Gasteiger partial charge in [-0.05, 0) is 55.0 Å². The maximum Gasteiger partial charge on any atom is 0.251 e. The molecular weight excluding hydrogens is 359 g/mol. The van der Waals surface area contributed by atoms with E-state index in [1.807, 2.05) is 49.4 Å². The Kier molecular flexibility index (Phi) is 6.22. The van der Waals surface area contributed by atoms with Crippen LogP contribution in [0.3, 0.4) is 0 Å². The summed E-state index contributed by atoms with van der Waals surface area (Å²) >= 11 is 0. The number of carbonyl (C=O) groups is 1. The number of hydrogen-bond donors (Lipinski definition) is 1. The van der Waals surface area contributed by atoms with Crippen LogP contribution >= 0.6 is 0 Å². The average molecular weight is 380 g/mol. The molecule has 0 spiro atoms. The first kappa shape index (κ1) is 19.4. The minimum Gasteiger partial charge on any atom is -0.494 e. The second-order valence-electron chi connectivity index (χ2n) is 6.23. The molecule has 0 aliphatic heterocycles. The molecule has 0 aliphatic rings. The first-order valence-corrected chi connectivity index (χ1v) is 8.84. The molecule has 0 saturated heterocycles. The molecule has 3 aromatic rings. The number of ether oxygens (including phenoxy) is 2. The Morgan fingerprint density at radius 3 is 2.71 bits per heavy atom. The van der Waals surface area contributed by atoms with Crippen molar-refractivity contribution in [2.75, 3.05) is 7.11 Å². The second kappa shape index (κ2) is 8.99. The van der Waals surface area contributed by atoms with E-state index < -0.39 is 5.82 Å². The fourth-order valence-corrected chi connectivity index (χ4v) is 2.69. The van der Waals surface area contributed by atoms with Gasteiger partial charge in [0.25, 0.3) is 5.91 Å². The Labute approximate surface area is 163 Å². The van der Waals surface area contributed by atoms with E-state index in [0.717, 1.165) is 17.3 Å². The van der Waals surface area contributed by atoms with Gasteiger partial charge >= 0.3 is 0 Å². The Bertz CT molecular complexity index is 948. The number of nitrogens with zero attached hydrogens (tertiary/aromatic N) is 1. The van der Waals surface area contributed by atoms with Gasteiger partial charge in [-0.2, -0.15) is 0 Å². The van der Waals surface area contributed by atoms with Crippen molar-refractivity contribution in [3.05, 3.63) is 89.5 Å². The van der Waals surface area contributed by atoms with E-state index in [1.54, 1.807) is 6.20 Å². The van der Waals surface area contributed by atoms with Crippen LogP contribution < -0.4 is 14.8 Å². The summed E-state index contributed by atoms with van der Waals surface area (Å²) in [6.07, 6.45) is 1.72. The molecule has 3 rings (SSSR count). The van der Waals surface area contributed by atoms with E-state index in [1.165, 1.54) is 19.2 Å². The zero-order valence-corrected chi connectivity index (χ0v) is 15.7. The van der Waals surface area contributed by atoms with Gasteiger partial charge in [0, 0.05) is 11.8 Å². The van der Waals surface area contributed by atoms with Crippen LogP contribution in [0.2, 0.25) is 0 Å². The molecule has 0 aliphatic carbocycles. The van der Waals surface area contributed by atoms with Gasteiger partial charge in [0.05, 0.1) is 18.8 Å². The van der Waals surface area contributed by atoms with Crippen LogP contribution in [-0.2, 0) is 6.61 Å². The number of carbonyl (C=O) groups excluding carboxylic acids is 1. The van der Waals surface area contributed by atoms with Gasteiger partial charge in [0.15, 0.2) is 11.6 Å². The smallest absolute Gasteiger partial charge is 0.251 e. The van der Waals surface area contributed by atoms with Crippen molar-refractivity contribution in [2.45, 2.75) is 19.6 Å². The average Bonchev–Trinajstić information content (AvgIpc) is 2.73. The van der Waals surface area contributed by atoms with E-state index in [-0.39, 0.29) is 23.3 Å². The molecule has 0 bridgehead atoms. The zero-order chi connectivity index (χ0) is 19.9. The highest BCUT2D eigenvalue weighted by Gasteiger charge is 2.14. The predicted molar refractivity (Wildman–Crippen MR) is 104 cm³/mol. The van der Waals surface area contributed by atoms with E-state index >= 15 is 0 Å². The normalized spacial score (nSPS) is 11.5. The van der Waals surface area contributed by atoms with Crippen molar-refractivity contribution in [3.8, 4) is 11.5 Å². The van der Waals surface area contributed by atoms with Crippen LogP contribution in [0, 0.1) is 5.82 Å². The molecule has 6 heteroatoms. The predicted octanol–water partition coefficient (Wildman–Crippen LogP) is 4.30. The van der Waals surface area contributed by atoms with Gasteiger partial charge in [-0.15, -0.1) is 0 Å². The summed E-state index contributed by atoms with van der Waals surface area (Å²) in [4.78, 5) is 16.6. The van der Waals surface area contributed by atoms with Crippen LogP contribution in [0.25, 0.3) is 0 Å². The number of hydrogen-bond acceptors (Lipinski definition) is 4. The van der Waals surface area contributed by atoms with Crippen molar-refractivity contribution < 1.29 is 18.7 Å². The highest BCUT2D eigenvalue weighted by atomic mass is 19.1. The summed E-state index contributed by atoms with van der Waals surface area (Å²) in [6.45, 7) is 2.21. The third kappa shape index (κ3) is 4.85. The highest BCUT2D eigenvalue weighted by molar-refractivity contribution is 5.94. The Hall–Kier alpha value is -3.41. The van der Waals surface area contributed by atoms with Crippen molar-refractivity contribution in [2.24, 2.45) is 0 Å². The topological polar surface area (TPSA) is 60.5 Å². The van der Waals surface area contributed by atoms with Gasteiger partial charge < -0.3 is 14.8 Å². The lowest BCUT2D eigenvalue weighted by atomic mass is 10.1. The summed E-state index contributed by atoms with van der Waals surface area (Å²) in [6, 6.07) is 16.9. The molecule has 1 heterocycles. The lowest BCUT2D eigenvalue weighted by Crippen LogP contribution is -2.26. The molecule has 28 heavy (non-hydrogen) atoms. The summed E-state index contributed by atoms with van der Waals surface area (Å²) in [5.74, 6) is -0.163. The number of halogens is 1. The molecule has 5 nitrogen and oxygen atoms in total. The molecule has 1 N–H and O–H groups in total. The molecule has 144 valence electrons. The molecule has 0 fully saturated rings. The molecule has 1 amide bonds. The summed E-state index contributed by atoms with van der Waals surface area (Å²) in [7, 11) is 1.38. The standard InChI is InChI=1S/C22H21FN2O3/c1-15(25-22(26)17-9-10-21(27-2)20(23)13-17)16-6-5-8-19(12-16)28-14-18-7-3-4-11-24-18/h3-13,15H,14H2,1-2H3,(H,25,26). The molecule has 1 unspecified atom stereocenters.